The van der Waals surface area contributed by atoms with Gasteiger partial charge in [0.1, 0.15) is 11.5 Å². The lowest BCUT2D eigenvalue weighted by molar-refractivity contribution is 0.100. The van der Waals surface area contributed by atoms with E-state index in [2.05, 4.69) is 10.3 Å². The number of ether oxygens (including phenoxy) is 2. The Hall–Kier alpha value is -3.82. The van der Waals surface area contributed by atoms with Crippen LogP contribution in [0.4, 0.5) is 11.4 Å². The molecule has 0 radical (unpaired) electrons. The Morgan fingerprint density at radius 1 is 1.00 bits per heavy atom. The Balaban J connectivity index is 0.00000342. The van der Waals surface area contributed by atoms with Gasteiger partial charge in [0.2, 0.25) is 9.84 Å². The zero-order chi connectivity index (χ0) is 24.3. The molecule has 3 aromatic carbocycles. The van der Waals surface area contributed by atoms with Crippen molar-refractivity contribution in [1.82, 2.24) is 4.98 Å². The fraction of sp³-hybridized carbons (Fsp3) is 0.120. The van der Waals surface area contributed by atoms with Gasteiger partial charge in [-0.2, -0.15) is 0 Å². The van der Waals surface area contributed by atoms with Crippen LogP contribution in [-0.4, -0.2) is 33.0 Å². The van der Waals surface area contributed by atoms with Crippen molar-refractivity contribution in [3.63, 3.8) is 0 Å². The van der Waals surface area contributed by atoms with Gasteiger partial charge in [0, 0.05) is 23.3 Å². The predicted octanol–water partition coefficient (Wildman–Crippen LogP) is 4.74. The highest BCUT2D eigenvalue weighted by molar-refractivity contribution is 7.91. The van der Waals surface area contributed by atoms with Crippen LogP contribution < -0.4 is 20.5 Å². The standard InChI is InChI=1S/C25H23N3O5S.ClH/c1-3-33-17-7-9-19(10-8-17)34(30,31)20-11-12-23-21(14-20)24(22(15-27-23)25(26)29)28-16-5-4-6-18(13-16)32-2;/h4-15H,3H2,1-2H3,(H2,26,29)(H,27,28);1H. The van der Waals surface area contributed by atoms with Crippen LogP contribution in [0.2, 0.25) is 0 Å². The molecule has 182 valence electrons. The Bertz CT molecular complexity index is 1470. The highest BCUT2D eigenvalue weighted by Gasteiger charge is 2.21. The number of nitrogens with zero attached hydrogens (tertiary/aromatic N) is 1. The molecule has 0 bridgehead atoms. The summed E-state index contributed by atoms with van der Waals surface area (Å²) in [4.78, 5) is 16.6. The van der Waals surface area contributed by atoms with Crippen LogP contribution in [0, 0.1) is 0 Å². The van der Waals surface area contributed by atoms with Gasteiger partial charge in [-0.15, -0.1) is 12.4 Å². The van der Waals surface area contributed by atoms with Gasteiger partial charge in [-0.25, -0.2) is 8.42 Å². The molecule has 0 unspecified atom stereocenters. The summed E-state index contributed by atoms with van der Waals surface area (Å²) in [5.41, 5.74) is 7.22. The Morgan fingerprint density at radius 3 is 2.37 bits per heavy atom. The van der Waals surface area contributed by atoms with Crippen LogP contribution in [0.15, 0.2) is 82.7 Å². The highest BCUT2D eigenvalue weighted by Crippen LogP contribution is 2.33. The maximum atomic E-state index is 13.3. The normalized spacial score (nSPS) is 10.9. The number of primary amides is 1. The van der Waals surface area contributed by atoms with Crippen molar-refractivity contribution in [2.75, 3.05) is 19.0 Å². The number of sulfone groups is 1. The lowest BCUT2D eigenvalue weighted by Crippen LogP contribution is -2.14. The number of fused-ring (bicyclic) bond motifs is 1. The zero-order valence-electron chi connectivity index (χ0n) is 19.0. The first-order valence-electron chi connectivity index (χ1n) is 10.4. The Morgan fingerprint density at radius 2 is 1.71 bits per heavy atom. The van der Waals surface area contributed by atoms with Gasteiger partial charge >= 0.3 is 0 Å². The van der Waals surface area contributed by atoms with Crippen LogP contribution in [0.3, 0.4) is 0 Å². The van der Waals surface area contributed by atoms with Gasteiger partial charge in [0.15, 0.2) is 0 Å². The lowest BCUT2D eigenvalue weighted by Gasteiger charge is -2.15. The molecular formula is C25H24ClN3O5S. The molecule has 0 fully saturated rings. The van der Waals surface area contributed by atoms with E-state index in [9.17, 15) is 13.2 Å². The summed E-state index contributed by atoms with van der Waals surface area (Å²) in [6.07, 6.45) is 1.37. The molecule has 0 aliphatic carbocycles. The van der Waals surface area contributed by atoms with Crippen molar-refractivity contribution in [3.8, 4) is 11.5 Å². The number of nitrogens with two attached hydrogens (primary N) is 1. The van der Waals surface area contributed by atoms with Gasteiger partial charge in [0.25, 0.3) is 5.91 Å². The van der Waals surface area contributed by atoms with Crippen molar-refractivity contribution in [2.45, 2.75) is 16.7 Å². The van der Waals surface area contributed by atoms with E-state index < -0.39 is 15.7 Å². The second kappa shape index (κ2) is 10.6. The second-order valence-electron chi connectivity index (χ2n) is 7.35. The van der Waals surface area contributed by atoms with E-state index in [1.807, 2.05) is 6.92 Å². The van der Waals surface area contributed by atoms with E-state index in [-0.39, 0.29) is 27.8 Å². The summed E-state index contributed by atoms with van der Waals surface area (Å²) < 4.78 is 37.3. The fourth-order valence-corrected chi connectivity index (χ4v) is 4.81. The van der Waals surface area contributed by atoms with Gasteiger partial charge in [0.05, 0.1) is 40.3 Å². The van der Waals surface area contributed by atoms with Crippen LogP contribution in [0.1, 0.15) is 17.3 Å². The molecule has 10 heteroatoms. The van der Waals surface area contributed by atoms with Crippen LogP contribution in [0.5, 0.6) is 11.5 Å². The number of pyridine rings is 1. The molecule has 35 heavy (non-hydrogen) atoms. The Kier molecular flexibility index (Phi) is 7.83. The SMILES string of the molecule is CCOc1ccc(S(=O)(=O)c2ccc3ncc(C(N)=O)c(Nc4cccc(OC)c4)c3c2)cc1.Cl. The first-order chi connectivity index (χ1) is 16.3. The number of amides is 1. The van der Waals surface area contributed by atoms with E-state index in [0.29, 0.717) is 40.4 Å². The smallest absolute Gasteiger partial charge is 0.252 e. The van der Waals surface area contributed by atoms with E-state index in [1.54, 1.807) is 49.6 Å². The van der Waals surface area contributed by atoms with E-state index in [0.717, 1.165) is 0 Å². The molecule has 0 saturated carbocycles. The number of halogens is 1. The summed E-state index contributed by atoms with van der Waals surface area (Å²) in [5.74, 6) is 0.502. The summed E-state index contributed by atoms with van der Waals surface area (Å²) in [7, 11) is -2.29. The molecule has 4 aromatic rings. The summed E-state index contributed by atoms with van der Waals surface area (Å²) >= 11 is 0. The predicted molar refractivity (Wildman–Crippen MR) is 137 cm³/mol. The number of aromatic nitrogens is 1. The molecule has 0 aliphatic heterocycles. The number of benzene rings is 3. The van der Waals surface area contributed by atoms with Gasteiger partial charge < -0.3 is 20.5 Å². The quantitative estimate of drug-likeness (QED) is 0.349. The number of rotatable bonds is 8. The largest absolute Gasteiger partial charge is 0.497 e. The van der Waals surface area contributed by atoms with Crippen molar-refractivity contribution in [2.24, 2.45) is 5.73 Å². The Labute approximate surface area is 209 Å². The molecule has 3 N–H and O–H groups in total. The van der Waals surface area contributed by atoms with E-state index in [1.165, 1.54) is 30.5 Å². The minimum atomic E-state index is -3.84. The number of hydrogen-bond acceptors (Lipinski definition) is 7. The van der Waals surface area contributed by atoms with E-state index in [4.69, 9.17) is 15.2 Å². The third-order valence-electron chi connectivity index (χ3n) is 5.20. The molecule has 8 nitrogen and oxygen atoms in total. The third-order valence-corrected chi connectivity index (χ3v) is 6.97. The number of methoxy groups -OCH3 is 1. The fourth-order valence-electron chi connectivity index (χ4n) is 3.52. The maximum absolute atomic E-state index is 13.3. The van der Waals surface area contributed by atoms with Crippen molar-refractivity contribution >= 4 is 50.4 Å². The zero-order valence-corrected chi connectivity index (χ0v) is 20.7. The summed E-state index contributed by atoms with van der Waals surface area (Å²) in [5, 5.41) is 3.62. The molecule has 0 spiro atoms. The molecule has 0 saturated heterocycles. The summed E-state index contributed by atoms with van der Waals surface area (Å²) in [6.45, 7) is 2.33. The van der Waals surface area contributed by atoms with Crippen molar-refractivity contribution < 1.29 is 22.7 Å². The van der Waals surface area contributed by atoms with E-state index >= 15 is 0 Å². The second-order valence-corrected chi connectivity index (χ2v) is 9.30. The van der Waals surface area contributed by atoms with Crippen LogP contribution in [0.25, 0.3) is 10.9 Å². The average molecular weight is 514 g/mol. The third kappa shape index (κ3) is 5.31. The molecule has 1 amide bonds. The van der Waals surface area contributed by atoms with Gasteiger partial charge in [-0.05, 0) is 61.5 Å². The minimum Gasteiger partial charge on any atom is -0.497 e. The molecule has 0 atom stereocenters. The summed E-state index contributed by atoms with van der Waals surface area (Å²) in [6, 6.07) is 17.9. The number of carbonyl (C=O) groups excluding carboxylic acids is 1. The number of anilines is 2. The average Bonchev–Trinajstić information content (AvgIpc) is 2.84. The lowest BCUT2D eigenvalue weighted by atomic mass is 10.1. The minimum absolute atomic E-state index is 0. The topological polar surface area (TPSA) is 121 Å². The highest BCUT2D eigenvalue weighted by atomic mass is 35.5. The van der Waals surface area contributed by atoms with Crippen molar-refractivity contribution in [3.05, 3.63) is 78.5 Å². The first-order valence-corrected chi connectivity index (χ1v) is 11.9. The molecule has 4 rings (SSSR count). The first kappa shape index (κ1) is 25.8. The molecule has 0 aliphatic rings. The van der Waals surface area contributed by atoms with Crippen molar-refractivity contribution in [1.29, 1.82) is 0 Å². The maximum Gasteiger partial charge on any atom is 0.252 e. The number of carbonyl (C=O) groups is 1. The number of hydrogen-bond donors (Lipinski definition) is 2. The monoisotopic (exact) mass is 513 g/mol. The molecular weight excluding hydrogens is 490 g/mol. The van der Waals surface area contributed by atoms with Crippen LogP contribution >= 0.6 is 12.4 Å². The number of nitrogens with one attached hydrogen (secondary N) is 1. The molecule has 1 aromatic heterocycles. The molecule has 1 heterocycles. The van der Waals surface area contributed by atoms with Gasteiger partial charge in [-0.1, -0.05) is 6.07 Å². The van der Waals surface area contributed by atoms with Gasteiger partial charge in [-0.3, -0.25) is 9.78 Å². The van der Waals surface area contributed by atoms with Crippen LogP contribution in [-0.2, 0) is 9.84 Å².